The molecular weight excluding hydrogens is 426 g/mol. The van der Waals surface area contributed by atoms with E-state index < -0.39 is 5.97 Å². The molecule has 0 atom stereocenters. The first-order valence-corrected chi connectivity index (χ1v) is 12.9. The molecule has 0 radical (unpaired) electrons. The standard InChI is InChI=1S/C27H33N5O2/c33-27(34)22-17-23(31-15-11-19(12-16-31)18-30-13-4-5-14-30)24-25(20-7-6-8-20)29-32(26(24)28-22)21-9-2-1-3-10-21/h1-3,9-10,17,19-20H,4-8,11-16,18H2,(H,33,34). The topological polar surface area (TPSA) is 74.5 Å². The van der Waals surface area contributed by atoms with Gasteiger partial charge in [-0.1, -0.05) is 24.6 Å². The van der Waals surface area contributed by atoms with Gasteiger partial charge in [0.1, 0.15) is 0 Å². The van der Waals surface area contributed by atoms with Crippen molar-refractivity contribution in [1.29, 1.82) is 0 Å². The van der Waals surface area contributed by atoms with Crippen molar-refractivity contribution in [3.05, 3.63) is 47.8 Å². The molecule has 2 aliphatic heterocycles. The number of carboxylic acids is 1. The first-order valence-electron chi connectivity index (χ1n) is 12.9. The van der Waals surface area contributed by atoms with E-state index in [9.17, 15) is 9.90 Å². The van der Waals surface area contributed by atoms with Gasteiger partial charge in [-0.15, -0.1) is 0 Å². The van der Waals surface area contributed by atoms with E-state index in [2.05, 4.69) is 14.8 Å². The minimum Gasteiger partial charge on any atom is -0.477 e. The molecule has 2 saturated heterocycles. The Morgan fingerprint density at radius 2 is 1.71 bits per heavy atom. The number of rotatable bonds is 6. The Labute approximate surface area is 200 Å². The van der Waals surface area contributed by atoms with Crippen LogP contribution >= 0.6 is 0 Å². The predicted octanol–water partition coefficient (Wildman–Crippen LogP) is 4.70. The van der Waals surface area contributed by atoms with Crippen LogP contribution < -0.4 is 4.90 Å². The number of likely N-dealkylation sites (tertiary alicyclic amines) is 1. The van der Waals surface area contributed by atoms with E-state index in [4.69, 9.17) is 5.10 Å². The van der Waals surface area contributed by atoms with Gasteiger partial charge in [-0.25, -0.2) is 14.5 Å². The fraction of sp³-hybridized carbons (Fsp3) is 0.519. The number of carboxylic acid groups (broad SMARTS) is 1. The molecule has 0 bridgehead atoms. The van der Waals surface area contributed by atoms with Crippen LogP contribution in [0.3, 0.4) is 0 Å². The second-order valence-electron chi connectivity index (χ2n) is 10.2. The molecule has 2 aromatic heterocycles. The molecule has 0 unspecified atom stereocenters. The molecule has 7 heteroatoms. The molecule has 1 saturated carbocycles. The number of benzene rings is 1. The largest absolute Gasteiger partial charge is 0.477 e. The monoisotopic (exact) mass is 459 g/mol. The Bertz CT molecular complexity index is 1170. The van der Waals surface area contributed by atoms with E-state index in [1.807, 2.05) is 35.0 Å². The van der Waals surface area contributed by atoms with Crippen LogP contribution in [0.4, 0.5) is 5.69 Å². The zero-order valence-electron chi connectivity index (χ0n) is 19.7. The number of hydrogen-bond acceptors (Lipinski definition) is 5. The van der Waals surface area contributed by atoms with E-state index in [-0.39, 0.29) is 5.69 Å². The lowest BCUT2D eigenvalue weighted by Crippen LogP contribution is -2.38. The summed E-state index contributed by atoms with van der Waals surface area (Å²) < 4.78 is 1.86. The number of para-hydroxylation sites is 1. The molecule has 4 heterocycles. The number of piperidine rings is 1. The highest BCUT2D eigenvalue weighted by Crippen LogP contribution is 2.43. The summed E-state index contributed by atoms with van der Waals surface area (Å²) in [7, 11) is 0. The van der Waals surface area contributed by atoms with Crippen molar-refractivity contribution in [3.63, 3.8) is 0 Å². The smallest absolute Gasteiger partial charge is 0.354 e. The zero-order valence-corrected chi connectivity index (χ0v) is 19.7. The maximum Gasteiger partial charge on any atom is 0.354 e. The normalized spacial score (nSPS) is 20.2. The molecule has 3 fully saturated rings. The lowest BCUT2D eigenvalue weighted by Gasteiger charge is -2.36. The Morgan fingerprint density at radius 3 is 2.35 bits per heavy atom. The average Bonchev–Trinajstić information content (AvgIpc) is 3.47. The molecule has 7 nitrogen and oxygen atoms in total. The third-order valence-corrected chi connectivity index (χ3v) is 8.03. The molecule has 3 aliphatic rings. The van der Waals surface area contributed by atoms with Crippen molar-refractivity contribution in [3.8, 4) is 5.69 Å². The van der Waals surface area contributed by atoms with Crippen LogP contribution in [-0.2, 0) is 0 Å². The fourth-order valence-corrected chi connectivity index (χ4v) is 5.89. The van der Waals surface area contributed by atoms with E-state index in [1.165, 1.54) is 38.9 Å². The summed E-state index contributed by atoms with van der Waals surface area (Å²) in [6, 6.07) is 11.8. The van der Waals surface area contributed by atoms with Crippen LogP contribution in [0.5, 0.6) is 0 Å². The minimum absolute atomic E-state index is 0.0962. The number of hydrogen-bond donors (Lipinski definition) is 1. The summed E-state index contributed by atoms with van der Waals surface area (Å²) in [4.78, 5) is 21.7. The summed E-state index contributed by atoms with van der Waals surface area (Å²) in [5, 5.41) is 16.0. The predicted molar refractivity (Wildman–Crippen MR) is 133 cm³/mol. The van der Waals surface area contributed by atoms with Gasteiger partial charge >= 0.3 is 5.97 Å². The number of aromatic nitrogens is 3. The molecule has 0 spiro atoms. The van der Waals surface area contributed by atoms with Crippen molar-refractivity contribution in [2.75, 3.05) is 37.6 Å². The first-order chi connectivity index (χ1) is 16.7. The zero-order chi connectivity index (χ0) is 23.1. The third-order valence-electron chi connectivity index (χ3n) is 8.03. The second-order valence-corrected chi connectivity index (χ2v) is 10.2. The van der Waals surface area contributed by atoms with E-state index in [0.717, 1.165) is 67.1 Å². The van der Waals surface area contributed by atoms with Gasteiger partial charge in [0.05, 0.1) is 22.5 Å². The van der Waals surface area contributed by atoms with Gasteiger partial charge in [-0.05, 0) is 75.7 Å². The molecule has 178 valence electrons. The van der Waals surface area contributed by atoms with Crippen molar-refractivity contribution < 1.29 is 9.90 Å². The molecule has 1 aliphatic carbocycles. The van der Waals surface area contributed by atoms with Crippen LogP contribution in [0.25, 0.3) is 16.7 Å². The molecule has 1 aromatic carbocycles. The summed E-state index contributed by atoms with van der Waals surface area (Å²) in [6.07, 6.45) is 8.46. The Hall–Kier alpha value is -2.93. The van der Waals surface area contributed by atoms with Crippen molar-refractivity contribution in [2.24, 2.45) is 5.92 Å². The molecule has 3 aromatic rings. The van der Waals surface area contributed by atoms with Gasteiger partial charge in [0.2, 0.25) is 0 Å². The van der Waals surface area contributed by atoms with Crippen LogP contribution in [0, 0.1) is 5.92 Å². The van der Waals surface area contributed by atoms with Gasteiger partial charge in [-0.2, -0.15) is 5.10 Å². The molecule has 6 rings (SSSR count). The molecule has 1 N–H and O–H groups in total. The Balaban J connectivity index is 1.39. The van der Waals surface area contributed by atoms with Crippen molar-refractivity contribution in [1.82, 2.24) is 19.7 Å². The number of aromatic carboxylic acids is 1. The SMILES string of the molecule is O=C(O)c1cc(N2CCC(CN3CCCC3)CC2)c2c(C3CCC3)nn(-c3ccccc3)c2n1. The number of pyridine rings is 1. The van der Waals surface area contributed by atoms with Gasteiger partial charge < -0.3 is 14.9 Å². The van der Waals surface area contributed by atoms with Crippen molar-refractivity contribution in [2.45, 2.75) is 50.9 Å². The summed E-state index contributed by atoms with van der Waals surface area (Å²) >= 11 is 0. The Morgan fingerprint density at radius 1 is 0.971 bits per heavy atom. The van der Waals surface area contributed by atoms with E-state index in [0.29, 0.717) is 11.6 Å². The van der Waals surface area contributed by atoms with Crippen molar-refractivity contribution >= 4 is 22.7 Å². The van der Waals surface area contributed by atoms with Gasteiger partial charge in [0, 0.05) is 25.6 Å². The summed E-state index contributed by atoms with van der Waals surface area (Å²) in [5.74, 6) is 0.165. The average molecular weight is 460 g/mol. The van der Waals surface area contributed by atoms with Crippen LogP contribution in [-0.4, -0.2) is 63.5 Å². The van der Waals surface area contributed by atoms with Crippen LogP contribution in [0.1, 0.15) is 67.0 Å². The molecule has 0 amide bonds. The maximum absolute atomic E-state index is 12.1. The number of anilines is 1. The minimum atomic E-state index is -0.988. The quantitative estimate of drug-likeness (QED) is 0.576. The first kappa shape index (κ1) is 21.6. The third kappa shape index (κ3) is 3.96. The van der Waals surface area contributed by atoms with Gasteiger partial charge in [0.25, 0.3) is 0 Å². The molecular formula is C27H33N5O2. The lowest BCUT2D eigenvalue weighted by atomic mass is 9.81. The highest BCUT2D eigenvalue weighted by Gasteiger charge is 2.31. The van der Waals surface area contributed by atoms with Gasteiger partial charge in [-0.3, -0.25) is 0 Å². The van der Waals surface area contributed by atoms with Crippen LogP contribution in [0.15, 0.2) is 36.4 Å². The highest BCUT2D eigenvalue weighted by atomic mass is 16.4. The van der Waals surface area contributed by atoms with Gasteiger partial charge in [0.15, 0.2) is 11.3 Å². The van der Waals surface area contributed by atoms with E-state index in [1.54, 1.807) is 6.07 Å². The van der Waals surface area contributed by atoms with E-state index >= 15 is 0 Å². The number of fused-ring (bicyclic) bond motifs is 1. The maximum atomic E-state index is 12.1. The lowest BCUT2D eigenvalue weighted by molar-refractivity contribution is 0.0691. The fourth-order valence-electron chi connectivity index (χ4n) is 5.89. The molecule has 34 heavy (non-hydrogen) atoms. The second kappa shape index (κ2) is 9.02. The summed E-state index contributed by atoms with van der Waals surface area (Å²) in [5.41, 5.74) is 3.78. The summed E-state index contributed by atoms with van der Waals surface area (Å²) in [6.45, 7) is 5.61. The Kier molecular flexibility index (Phi) is 5.73. The number of nitrogens with zero attached hydrogens (tertiary/aromatic N) is 5. The number of carbonyl (C=O) groups is 1. The van der Waals surface area contributed by atoms with Crippen LogP contribution in [0.2, 0.25) is 0 Å². The highest BCUT2D eigenvalue weighted by molar-refractivity contribution is 5.98.